The van der Waals surface area contributed by atoms with Crippen molar-refractivity contribution >= 4 is 21.7 Å². The molecule has 2 rings (SSSR count). The number of pyridine rings is 1. The van der Waals surface area contributed by atoms with Crippen molar-refractivity contribution in [3.8, 4) is 5.75 Å². The van der Waals surface area contributed by atoms with Gasteiger partial charge in [-0.3, -0.25) is 9.78 Å². The Balaban J connectivity index is 1.68. The molecule has 0 fully saturated rings. The van der Waals surface area contributed by atoms with Gasteiger partial charge in [-0.2, -0.15) is 0 Å². The summed E-state index contributed by atoms with van der Waals surface area (Å²) in [6, 6.07) is 12.2. The molecule has 8 heteroatoms. The second-order valence-electron chi connectivity index (χ2n) is 6.61. The summed E-state index contributed by atoms with van der Waals surface area (Å²) >= 11 is 0. The van der Waals surface area contributed by atoms with Gasteiger partial charge in [0, 0.05) is 37.0 Å². The van der Waals surface area contributed by atoms with Crippen LogP contribution in [0.4, 0.5) is 0 Å². The number of hydrogen-bond donors (Lipinski definition) is 2. The first-order valence-electron chi connectivity index (χ1n) is 9.65. The minimum absolute atomic E-state index is 0.0478. The summed E-state index contributed by atoms with van der Waals surface area (Å²) in [7, 11) is -3.42. The maximum Gasteiger partial charge on any atom is 0.311 e. The van der Waals surface area contributed by atoms with Gasteiger partial charge in [0.05, 0.1) is 5.75 Å². The molecule has 0 bridgehead atoms. The highest BCUT2D eigenvalue weighted by atomic mass is 32.2. The topological polar surface area (TPSA) is 109 Å². The highest BCUT2D eigenvalue weighted by Gasteiger charge is 2.11. The molecule has 1 heterocycles. The fraction of sp³-hybridized carbons (Fsp3) is 0.381. The molecule has 2 aromatic rings. The van der Waals surface area contributed by atoms with E-state index in [1.54, 1.807) is 42.6 Å². The molecule has 1 aromatic carbocycles. The summed E-state index contributed by atoms with van der Waals surface area (Å²) in [6.07, 6.45) is 4.03. The van der Waals surface area contributed by atoms with Crippen LogP contribution in [0.25, 0.3) is 0 Å². The van der Waals surface area contributed by atoms with Crippen LogP contribution in [-0.4, -0.2) is 37.4 Å². The van der Waals surface area contributed by atoms with Crippen molar-refractivity contribution in [3.63, 3.8) is 0 Å². The van der Waals surface area contributed by atoms with Crippen molar-refractivity contribution in [1.29, 1.82) is 5.41 Å². The van der Waals surface area contributed by atoms with Gasteiger partial charge in [0.15, 0.2) is 0 Å². The first kappa shape index (κ1) is 22.7. The molecule has 2 N–H and O–H groups in total. The zero-order valence-corrected chi connectivity index (χ0v) is 17.4. The second-order valence-corrected chi connectivity index (χ2v) is 8.54. The normalized spacial score (nSPS) is 11.2. The van der Waals surface area contributed by atoms with Gasteiger partial charge < -0.3 is 10.1 Å². The standard InChI is InChI=1S/C21H27N3O4S/c1-2-6-20(22)17-9-11-19(12-10-17)28-21(25)8-5-15-24-29(26,27)16-13-18-7-3-4-14-23-18/h3-4,7,9-12,14,22,24H,2,5-6,8,13,15-16H2,1H3. The van der Waals surface area contributed by atoms with Gasteiger partial charge in [0.2, 0.25) is 10.0 Å². The lowest BCUT2D eigenvalue weighted by Gasteiger charge is -2.08. The molecule has 0 atom stereocenters. The lowest BCUT2D eigenvalue weighted by Crippen LogP contribution is -2.28. The number of nitrogens with one attached hydrogen (secondary N) is 2. The second kappa shape index (κ2) is 11.4. The number of carbonyl (C=O) groups excluding carboxylic acids is 1. The predicted molar refractivity (Wildman–Crippen MR) is 113 cm³/mol. The van der Waals surface area contributed by atoms with Gasteiger partial charge in [-0.05, 0) is 54.8 Å². The lowest BCUT2D eigenvalue weighted by molar-refractivity contribution is -0.134. The van der Waals surface area contributed by atoms with Gasteiger partial charge in [-0.1, -0.05) is 19.4 Å². The van der Waals surface area contributed by atoms with Crippen molar-refractivity contribution in [3.05, 3.63) is 59.9 Å². The van der Waals surface area contributed by atoms with Crippen molar-refractivity contribution in [2.75, 3.05) is 12.3 Å². The number of hydrogen-bond acceptors (Lipinski definition) is 6. The average molecular weight is 418 g/mol. The molecule has 156 valence electrons. The molecule has 0 amide bonds. The third-order valence-corrected chi connectivity index (χ3v) is 5.55. The van der Waals surface area contributed by atoms with Gasteiger partial charge >= 0.3 is 5.97 Å². The van der Waals surface area contributed by atoms with Crippen molar-refractivity contribution in [2.45, 2.75) is 39.0 Å². The Morgan fingerprint density at radius 1 is 1.14 bits per heavy atom. The summed E-state index contributed by atoms with van der Waals surface area (Å²) in [5, 5.41) is 7.92. The number of esters is 1. The smallest absolute Gasteiger partial charge is 0.311 e. The maximum absolute atomic E-state index is 12.0. The largest absolute Gasteiger partial charge is 0.427 e. The minimum Gasteiger partial charge on any atom is -0.427 e. The number of nitrogens with zero attached hydrogens (tertiary/aromatic N) is 1. The summed E-state index contributed by atoms with van der Waals surface area (Å²) in [6.45, 7) is 2.19. The van der Waals surface area contributed by atoms with E-state index in [1.165, 1.54) is 0 Å². The molecule has 7 nitrogen and oxygen atoms in total. The number of aryl methyl sites for hydroxylation is 1. The molecule has 0 aliphatic rings. The fourth-order valence-electron chi connectivity index (χ4n) is 2.62. The van der Waals surface area contributed by atoms with Crippen molar-refractivity contribution in [2.24, 2.45) is 0 Å². The Kier molecular flexibility index (Phi) is 8.95. The van der Waals surface area contributed by atoms with Crippen molar-refractivity contribution in [1.82, 2.24) is 9.71 Å². The van der Waals surface area contributed by atoms with E-state index in [-0.39, 0.29) is 18.7 Å². The fourth-order valence-corrected chi connectivity index (χ4v) is 3.70. The Morgan fingerprint density at radius 3 is 2.55 bits per heavy atom. The number of sulfonamides is 1. The number of rotatable bonds is 12. The molecule has 0 unspecified atom stereocenters. The van der Waals surface area contributed by atoms with Crippen molar-refractivity contribution < 1.29 is 17.9 Å². The number of aromatic nitrogens is 1. The molecule has 0 saturated carbocycles. The van der Waals surface area contributed by atoms with E-state index in [2.05, 4.69) is 9.71 Å². The van der Waals surface area contributed by atoms with Crippen LogP contribution in [0.1, 0.15) is 43.9 Å². The molecular weight excluding hydrogens is 390 g/mol. The predicted octanol–water partition coefficient (Wildman–Crippen LogP) is 3.10. The van der Waals surface area contributed by atoms with E-state index < -0.39 is 16.0 Å². The maximum atomic E-state index is 12.0. The molecule has 1 aromatic heterocycles. The summed E-state index contributed by atoms with van der Waals surface area (Å²) in [5.74, 6) is -0.0542. The molecule has 0 aliphatic heterocycles. The van der Waals surface area contributed by atoms with E-state index in [0.29, 0.717) is 30.7 Å². The Morgan fingerprint density at radius 2 is 1.90 bits per heavy atom. The zero-order chi connectivity index (χ0) is 21.1. The monoisotopic (exact) mass is 417 g/mol. The van der Waals surface area contributed by atoms with Gasteiger partial charge in [0.1, 0.15) is 5.75 Å². The molecule has 0 radical (unpaired) electrons. The van der Waals surface area contributed by atoms with E-state index in [1.807, 2.05) is 13.0 Å². The van der Waals surface area contributed by atoms with E-state index in [9.17, 15) is 13.2 Å². The van der Waals surface area contributed by atoms with Crippen LogP contribution in [0.5, 0.6) is 5.75 Å². The first-order chi connectivity index (χ1) is 13.9. The summed E-state index contributed by atoms with van der Waals surface area (Å²) in [4.78, 5) is 16.0. The van der Waals surface area contributed by atoms with Crippen LogP contribution < -0.4 is 9.46 Å². The highest BCUT2D eigenvalue weighted by Crippen LogP contribution is 2.15. The third kappa shape index (κ3) is 8.53. The minimum atomic E-state index is -3.42. The van der Waals surface area contributed by atoms with Crippen LogP contribution in [0.15, 0.2) is 48.7 Å². The van der Waals surface area contributed by atoms with Gasteiger partial charge in [0.25, 0.3) is 0 Å². The first-order valence-corrected chi connectivity index (χ1v) is 11.3. The lowest BCUT2D eigenvalue weighted by atomic mass is 10.1. The third-order valence-electron chi connectivity index (χ3n) is 4.17. The zero-order valence-electron chi connectivity index (χ0n) is 16.6. The Bertz CT molecular complexity index is 897. The van der Waals surface area contributed by atoms with E-state index in [0.717, 1.165) is 17.7 Å². The van der Waals surface area contributed by atoms with Crippen LogP contribution in [-0.2, 0) is 21.2 Å². The molecule has 0 spiro atoms. The number of benzene rings is 1. The van der Waals surface area contributed by atoms with Gasteiger partial charge in [-0.25, -0.2) is 13.1 Å². The van der Waals surface area contributed by atoms with Crippen LogP contribution >= 0.6 is 0 Å². The molecular formula is C21H27N3O4S. The Labute approximate surface area is 172 Å². The molecule has 0 saturated heterocycles. The SMILES string of the molecule is CCCC(=N)c1ccc(OC(=O)CCCNS(=O)(=O)CCc2ccccn2)cc1. The molecule has 29 heavy (non-hydrogen) atoms. The molecule has 0 aliphatic carbocycles. The average Bonchev–Trinajstić information content (AvgIpc) is 2.71. The van der Waals surface area contributed by atoms with E-state index in [4.69, 9.17) is 10.1 Å². The van der Waals surface area contributed by atoms with Crippen LogP contribution in [0.2, 0.25) is 0 Å². The highest BCUT2D eigenvalue weighted by molar-refractivity contribution is 7.89. The number of carbonyl (C=O) groups is 1. The van der Waals surface area contributed by atoms with Crippen LogP contribution in [0.3, 0.4) is 0 Å². The summed E-state index contributed by atoms with van der Waals surface area (Å²) < 4.78 is 31.7. The summed E-state index contributed by atoms with van der Waals surface area (Å²) in [5.41, 5.74) is 2.09. The Hall–Kier alpha value is -2.58. The van der Waals surface area contributed by atoms with Gasteiger partial charge in [-0.15, -0.1) is 0 Å². The van der Waals surface area contributed by atoms with Crippen LogP contribution in [0, 0.1) is 5.41 Å². The van der Waals surface area contributed by atoms with E-state index >= 15 is 0 Å². The number of ether oxygens (including phenoxy) is 1. The quantitative estimate of drug-likeness (QED) is 0.239.